The Bertz CT molecular complexity index is 832. The normalized spacial score (nSPS) is 32.8. The average molecular weight is 435 g/mol. The van der Waals surface area contributed by atoms with Gasteiger partial charge < -0.3 is 9.64 Å². The van der Waals surface area contributed by atoms with E-state index in [4.69, 9.17) is 4.74 Å². The first-order chi connectivity index (χ1) is 13.1. The molecule has 2 unspecified atom stereocenters. The van der Waals surface area contributed by atoms with E-state index < -0.39 is 24.8 Å². The molecule has 1 aliphatic carbocycles. The van der Waals surface area contributed by atoms with Gasteiger partial charge in [0.2, 0.25) is 5.91 Å². The maximum atomic E-state index is 13.0. The van der Waals surface area contributed by atoms with Gasteiger partial charge >= 0.3 is 0 Å². The Morgan fingerprint density at radius 3 is 2.32 bits per heavy atom. The van der Waals surface area contributed by atoms with Crippen molar-refractivity contribution in [1.29, 1.82) is 0 Å². The zero-order valence-electron chi connectivity index (χ0n) is 16.5. The molecular formula is C18H30N2O6S2. The zero-order valence-corrected chi connectivity index (χ0v) is 18.2. The van der Waals surface area contributed by atoms with Crippen LogP contribution in [0.15, 0.2) is 4.36 Å². The predicted octanol–water partition coefficient (Wildman–Crippen LogP) is 0.994. The lowest BCUT2D eigenvalue weighted by molar-refractivity contribution is -0.132. The number of ether oxygens (including phenoxy) is 1. The smallest absolute Gasteiger partial charge is 0.257 e. The second kappa shape index (κ2) is 8.39. The van der Waals surface area contributed by atoms with Gasteiger partial charge in [0.05, 0.1) is 21.6 Å². The van der Waals surface area contributed by atoms with Gasteiger partial charge in [-0.05, 0) is 38.5 Å². The minimum Gasteiger partial charge on any atom is -0.381 e. The van der Waals surface area contributed by atoms with Crippen LogP contribution in [0.5, 0.6) is 0 Å². The largest absolute Gasteiger partial charge is 0.381 e. The Labute approximate surface area is 167 Å². The van der Waals surface area contributed by atoms with Gasteiger partial charge in [0, 0.05) is 37.6 Å². The maximum absolute atomic E-state index is 13.0. The van der Waals surface area contributed by atoms with Crippen LogP contribution in [0.1, 0.15) is 44.9 Å². The molecule has 1 saturated carbocycles. The van der Waals surface area contributed by atoms with Gasteiger partial charge in [0.25, 0.3) is 5.91 Å². The fourth-order valence-electron chi connectivity index (χ4n) is 4.24. The SMILES string of the molecule is COC1CC(C(=O)N=S(C)(=O)C2CCN(C(=O)C3CCCCS3(=O)=O)CC2)C1. The summed E-state index contributed by atoms with van der Waals surface area (Å²) in [5.74, 6) is -0.764. The lowest BCUT2D eigenvalue weighted by atomic mass is 9.82. The van der Waals surface area contributed by atoms with Crippen molar-refractivity contribution in [3.05, 3.63) is 0 Å². The standard InChI is InChI=1S/C18H30N2O6S2/c1-26-14-11-13(12-14)17(21)19-27(2,23)15-6-8-20(9-7-15)18(22)16-5-3-4-10-28(16,24)25/h13-16H,3-12H2,1-2H3. The number of carbonyl (C=O) groups is 2. The summed E-state index contributed by atoms with van der Waals surface area (Å²) in [6, 6.07) is 0. The molecule has 2 heterocycles. The Balaban J connectivity index is 1.58. The number of nitrogens with zero attached hydrogens (tertiary/aromatic N) is 2. The highest BCUT2D eigenvalue weighted by Gasteiger charge is 2.40. The van der Waals surface area contributed by atoms with Crippen LogP contribution in [0.2, 0.25) is 0 Å². The molecular weight excluding hydrogens is 404 g/mol. The molecule has 10 heteroatoms. The van der Waals surface area contributed by atoms with Gasteiger partial charge in [-0.15, -0.1) is 0 Å². The summed E-state index contributed by atoms with van der Waals surface area (Å²) in [5.41, 5.74) is 0. The minimum atomic E-state index is -3.36. The van der Waals surface area contributed by atoms with Crippen molar-refractivity contribution in [2.75, 3.05) is 32.2 Å². The van der Waals surface area contributed by atoms with E-state index in [2.05, 4.69) is 4.36 Å². The summed E-state index contributed by atoms with van der Waals surface area (Å²) in [5, 5.41) is -1.19. The number of hydrogen-bond donors (Lipinski definition) is 0. The molecule has 28 heavy (non-hydrogen) atoms. The molecule has 160 valence electrons. The van der Waals surface area contributed by atoms with E-state index in [9.17, 15) is 22.2 Å². The molecule has 0 aromatic carbocycles. The van der Waals surface area contributed by atoms with Crippen LogP contribution in [-0.2, 0) is 33.9 Å². The molecule has 2 atom stereocenters. The Kier molecular flexibility index (Phi) is 6.51. The number of sulfone groups is 1. The van der Waals surface area contributed by atoms with Crippen LogP contribution in [-0.4, -0.2) is 78.2 Å². The molecule has 0 radical (unpaired) electrons. The molecule has 0 spiro atoms. The third kappa shape index (κ3) is 4.59. The van der Waals surface area contributed by atoms with Gasteiger partial charge in [-0.1, -0.05) is 6.42 Å². The van der Waals surface area contributed by atoms with Crippen LogP contribution >= 0.6 is 0 Å². The van der Waals surface area contributed by atoms with Crippen molar-refractivity contribution in [2.45, 2.75) is 61.5 Å². The highest BCUT2D eigenvalue weighted by molar-refractivity contribution is 7.93. The number of amides is 2. The van der Waals surface area contributed by atoms with Crippen molar-refractivity contribution < 1.29 is 27.0 Å². The summed E-state index contributed by atoms with van der Waals surface area (Å²) in [6.07, 6.45) is 5.54. The summed E-state index contributed by atoms with van der Waals surface area (Å²) in [4.78, 5) is 26.5. The second-order valence-electron chi connectivity index (χ2n) is 8.19. The highest BCUT2D eigenvalue weighted by atomic mass is 32.2. The van der Waals surface area contributed by atoms with Gasteiger partial charge in [0.15, 0.2) is 9.84 Å². The van der Waals surface area contributed by atoms with Crippen molar-refractivity contribution in [3.8, 4) is 0 Å². The van der Waals surface area contributed by atoms with Crippen molar-refractivity contribution >= 4 is 31.4 Å². The highest BCUT2D eigenvalue weighted by Crippen LogP contribution is 2.31. The lowest BCUT2D eigenvalue weighted by Gasteiger charge is -2.35. The summed E-state index contributed by atoms with van der Waals surface area (Å²) < 4.78 is 46.6. The van der Waals surface area contributed by atoms with Crippen LogP contribution in [0.3, 0.4) is 0 Å². The quantitative estimate of drug-likeness (QED) is 0.653. The molecule has 0 aromatic rings. The molecule has 2 saturated heterocycles. The average Bonchev–Trinajstić information content (AvgIpc) is 2.59. The number of hydrogen-bond acceptors (Lipinski definition) is 6. The van der Waals surface area contributed by atoms with E-state index in [0.29, 0.717) is 51.6 Å². The summed E-state index contributed by atoms with van der Waals surface area (Å²) in [6.45, 7) is 0.721. The second-order valence-corrected chi connectivity index (χ2v) is 13.1. The van der Waals surface area contributed by atoms with E-state index in [-0.39, 0.29) is 34.8 Å². The Morgan fingerprint density at radius 2 is 1.75 bits per heavy atom. The van der Waals surface area contributed by atoms with E-state index in [1.807, 2.05) is 0 Å². The van der Waals surface area contributed by atoms with Gasteiger partial charge in [-0.2, -0.15) is 4.36 Å². The van der Waals surface area contributed by atoms with E-state index in [0.717, 1.165) is 6.42 Å². The first-order valence-corrected chi connectivity index (χ1v) is 13.6. The number of carbonyl (C=O) groups excluding carboxylic acids is 2. The fourth-order valence-corrected chi connectivity index (χ4v) is 7.85. The fraction of sp³-hybridized carbons (Fsp3) is 0.889. The molecule has 0 bridgehead atoms. The Morgan fingerprint density at radius 1 is 1.11 bits per heavy atom. The number of piperidine rings is 1. The number of rotatable bonds is 4. The maximum Gasteiger partial charge on any atom is 0.257 e. The van der Waals surface area contributed by atoms with Crippen LogP contribution in [0.25, 0.3) is 0 Å². The molecule has 3 aliphatic rings. The third-order valence-electron chi connectivity index (χ3n) is 6.27. The molecule has 2 aliphatic heterocycles. The van der Waals surface area contributed by atoms with Gasteiger partial charge in [-0.25, -0.2) is 12.6 Å². The molecule has 2 amide bonds. The molecule has 8 nitrogen and oxygen atoms in total. The lowest BCUT2D eigenvalue weighted by Crippen LogP contribution is -2.49. The Hall–Kier alpha value is -1.00. The number of methoxy groups -OCH3 is 1. The first-order valence-electron chi connectivity index (χ1n) is 9.92. The molecule has 3 rings (SSSR count). The zero-order chi connectivity index (χ0) is 20.5. The van der Waals surface area contributed by atoms with E-state index in [1.165, 1.54) is 6.26 Å². The van der Waals surface area contributed by atoms with E-state index >= 15 is 0 Å². The molecule has 3 fully saturated rings. The van der Waals surface area contributed by atoms with Gasteiger partial charge in [-0.3, -0.25) is 9.59 Å². The van der Waals surface area contributed by atoms with Crippen LogP contribution in [0.4, 0.5) is 0 Å². The monoisotopic (exact) mass is 434 g/mol. The van der Waals surface area contributed by atoms with Crippen molar-refractivity contribution in [3.63, 3.8) is 0 Å². The van der Waals surface area contributed by atoms with E-state index in [1.54, 1.807) is 12.0 Å². The summed E-state index contributed by atoms with van der Waals surface area (Å²) >= 11 is 0. The van der Waals surface area contributed by atoms with Crippen LogP contribution < -0.4 is 0 Å². The third-order valence-corrected chi connectivity index (χ3v) is 10.7. The predicted molar refractivity (Wildman–Crippen MR) is 106 cm³/mol. The van der Waals surface area contributed by atoms with Gasteiger partial charge in [0.1, 0.15) is 5.25 Å². The van der Waals surface area contributed by atoms with Crippen LogP contribution in [0, 0.1) is 5.92 Å². The molecule has 0 N–H and O–H groups in total. The number of likely N-dealkylation sites (tertiary alicyclic amines) is 1. The topological polar surface area (TPSA) is 110 Å². The van der Waals surface area contributed by atoms with Crippen molar-refractivity contribution in [2.24, 2.45) is 10.3 Å². The molecule has 0 aromatic heterocycles. The summed E-state index contributed by atoms with van der Waals surface area (Å²) in [7, 11) is -4.45. The minimum absolute atomic E-state index is 0.0781. The van der Waals surface area contributed by atoms with Crippen molar-refractivity contribution in [1.82, 2.24) is 4.90 Å². The first kappa shape index (κ1) is 21.7.